The van der Waals surface area contributed by atoms with Crippen molar-refractivity contribution >= 4 is 22.7 Å². The fourth-order valence-electron chi connectivity index (χ4n) is 2.72. The molecule has 0 radical (unpaired) electrons. The van der Waals surface area contributed by atoms with E-state index in [2.05, 4.69) is 11.1 Å². The predicted octanol–water partition coefficient (Wildman–Crippen LogP) is 3.60. The van der Waals surface area contributed by atoms with Crippen molar-refractivity contribution in [3.8, 4) is 6.07 Å². The first kappa shape index (κ1) is 18.2. The topological polar surface area (TPSA) is 67.9 Å². The summed E-state index contributed by atoms with van der Waals surface area (Å²) in [6, 6.07) is 17.1. The molecule has 0 amide bonds. The van der Waals surface area contributed by atoms with E-state index in [1.165, 1.54) is 11.8 Å². The van der Waals surface area contributed by atoms with E-state index in [0.29, 0.717) is 40.5 Å². The number of hydrogen-bond donors (Lipinski definition) is 0. The molecule has 3 rings (SSSR count). The van der Waals surface area contributed by atoms with Gasteiger partial charge in [0.05, 0.1) is 22.5 Å². The van der Waals surface area contributed by atoms with Crippen molar-refractivity contribution in [3.05, 3.63) is 70.0 Å². The van der Waals surface area contributed by atoms with Crippen LogP contribution in [0.25, 0.3) is 10.9 Å². The van der Waals surface area contributed by atoms with Crippen molar-refractivity contribution < 1.29 is 4.74 Å². The van der Waals surface area contributed by atoms with Crippen molar-refractivity contribution in [2.24, 2.45) is 0 Å². The molecular formula is C20H19N3O2S. The molecule has 132 valence electrons. The van der Waals surface area contributed by atoms with Gasteiger partial charge in [0.15, 0.2) is 5.16 Å². The van der Waals surface area contributed by atoms with Crippen LogP contribution in [0.4, 0.5) is 0 Å². The lowest BCUT2D eigenvalue weighted by molar-refractivity contribution is 0.189. The van der Waals surface area contributed by atoms with Crippen LogP contribution in [0, 0.1) is 11.3 Å². The number of para-hydroxylation sites is 1. The molecule has 0 fully saturated rings. The number of aromatic nitrogens is 2. The molecule has 6 heteroatoms. The summed E-state index contributed by atoms with van der Waals surface area (Å²) in [5, 5.41) is 10.5. The van der Waals surface area contributed by atoms with E-state index in [4.69, 9.17) is 4.74 Å². The fraction of sp³-hybridized carbons (Fsp3) is 0.250. The number of benzene rings is 2. The van der Waals surface area contributed by atoms with Crippen LogP contribution in [0.2, 0.25) is 0 Å². The summed E-state index contributed by atoms with van der Waals surface area (Å²) in [6.45, 7) is 1.13. The average molecular weight is 365 g/mol. The summed E-state index contributed by atoms with van der Waals surface area (Å²) in [7, 11) is 1.65. The van der Waals surface area contributed by atoms with Gasteiger partial charge in [-0.25, -0.2) is 4.98 Å². The molecule has 0 saturated heterocycles. The second-order valence-electron chi connectivity index (χ2n) is 5.77. The lowest BCUT2D eigenvalue weighted by Crippen LogP contribution is -2.24. The molecule has 0 bridgehead atoms. The first-order chi connectivity index (χ1) is 12.7. The summed E-state index contributed by atoms with van der Waals surface area (Å²) < 4.78 is 6.82. The van der Waals surface area contributed by atoms with Gasteiger partial charge < -0.3 is 4.74 Å². The van der Waals surface area contributed by atoms with Gasteiger partial charge in [-0.3, -0.25) is 9.36 Å². The van der Waals surface area contributed by atoms with Gasteiger partial charge >= 0.3 is 0 Å². The van der Waals surface area contributed by atoms with Crippen molar-refractivity contribution in [1.29, 1.82) is 5.26 Å². The third-order valence-corrected chi connectivity index (χ3v) is 5.08. The van der Waals surface area contributed by atoms with Gasteiger partial charge in [-0.1, -0.05) is 42.1 Å². The molecule has 0 aliphatic rings. The second kappa shape index (κ2) is 8.65. The number of nitriles is 1. The van der Waals surface area contributed by atoms with Crippen LogP contribution in [0.15, 0.2) is 58.5 Å². The number of thioether (sulfide) groups is 1. The minimum absolute atomic E-state index is 0.0391. The number of rotatable bonds is 7. The van der Waals surface area contributed by atoms with E-state index >= 15 is 0 Å². The highest BCUT2D eigenvalue weighted by molar-refractivity contribution is 7.98. The van der Waals surface area contributed by atoms with E-state index in [0.717, 1.165) is 12.0 Å². The summed E-state index contributed by atoms with van der Waals surface area (Å²) in [4.78, 5) is 17.6. The SMILES string of the molecule is COCCCn1c(SCc2ccccc2C#N)nc2ccccc2c1=O. The molecule has 0 aliphatic heterocycles. The maximum absolute atomic E-state index is 12.9. The number of hydrogen-bond acceptors (Lipinski definition) is 5. The fourth-order valence-corrected chi connectivity index (χ4v) is 3.75. The van der Waals surface area contributed by atoms with Gasteiger partial charge in [-0.05, 0) is 30.2 Å². The van der Waals surface area contributed by atoms with E-state index in [1.54, 1.807) is 23.8 Å². The standard InChI is InChI=1S/C20H19N3O2S/c1-25-12-6-11-23-19(24)17-9-4-5-10-18(17)22-20(23)26-14-16-8-3-2-7-15(16)13-21/h2-5,7-10H,6,11-12,14H2,1H3. The monoisotopic (exact) mass is 365 g/mol. The Balaban J connectivity index is 1.96. The first-order valence-corrected chi connectivity index (χ1v) is 9.32. The molecule has 0 unspecified atom stereocenters. The van der Waals surface area contributed by atoms with Gasteiger partial charge in [0.2, 0.25) is 0 Å². The van der Waals surface area contributed by atoms with Crippen molar-refractivity contribution in [2.75, 3.05) is 13.7 Å². The van der Waals surface area contributed by atoms with Gasteiger partial charge in [-0.2, -0.15) is 5.26 Å². The molecule has 0 saturated carbocycles. The Kier molecular flexibility index (Phi) is 6.05. The minimum atomic E-state index is -0.0391. The predicted molar refractivity (Wildman–Crippen MR) is 103 cm³/mol. The molecule has 26 heavy (non-hydrogen) atoms. The van der Waals surface area contributed by atoms with Crippen molar-refractivity contribution in [3.63, 3.8) is 0 Å². The Bertz CT molecular complexity index is 1010. The summed E-state index contributed by atoms with van der Waals surface area (Å²) in [5.41, 5.74) is 2.24. The molecule has 3 aromatic rings. The second-order valence-corrected chi connectivity index (χ2v) is 6.71. The molecule has 5 nitrogen and oxygen atoms in total. The average Bonchev–Trinajstić information content (AvgIpc) is 2.68. The Morgan fingerprint density at radius 2 is 1.96 bits per heavy atom. The van der Waals surface area contributed by atoms with Gasteiger partial charge in [0.1, 0.15) is 0 Å². The Labute approximate surface area is 156 Å². The van der Waals surface area contributed by atoms with Crippen LogP contribution < -0.4 is 5.56 Å². The third kappa shape index (κ3) is 3.96. The molecule has 0 aliphatic carbocycles. The maximum Gasteiger partial charge on any atom is 0.262 e. The van der Waals surface area contributed by atoms with Crippen LogP contribution in [0.3, 0.4) is 0 Å². The molecule has 0 N–H and O–H groups in total. The number of ether oxygens (including phenoxy) is 1. The summed E-state index contributed by atoms with van der Waals surface area (Å²) in [6.07, 6.45) is 0.735. The summed E-state index contributed by atoms with van der Waals surface area (Å²) in [5.74, 6) is 0.582. The van der Waals surface area contributed by atoms with Crippen LogP contribution >= 0.6 is 11.8 Å². The number of methoxy groups -OCH3 is 1. The lowest BCUT2D eigenvalue weighted by atomic mass is 10.1. The molecule has 1 aromatic heterocycles. The van der Waals surface area contributed by atoms with Crippen molar-refractivity contribution in [2.45, 2.75) is 23.9 Å². The third-order valence-electron chi connectivity index (χ3n) is 4.05. The van der Waals surface area contributed by atoms with Crippen LogP contribution in [-0.4, -0.2) is 23.3 Å². The van der Waals surface area contributed by atoms with Gasteiger partial charge in [0, 0.05) is 26.0 Å². The number of fused-ring (bicyclic) bond motifs is 1. The first-order valence-electron chi connectivity index (χ1n) is 8.34. The van der Waals surface area contributed by atoms with Gasteiger partial charge in [0.25, 0.3) is 5.56 Å². The normalized spacial score (nSPS) is 10.8. The molecule has 0 atom stereocenters. The molecular weight excluding hydrogens is 346 g/mol. The largest absolute Gasteiger partial charge is 0.385 e. The summed E-state index contributed by atoms with van der Waals surface area (Å²) >= 11 is 1.48. The van der Waals surface area contributed by atoms with Crippen LogP contribution in [0.5, 0.6) is 0 Å². The van der Waals surface area contributed by atoms with Crippen LogP contribution in [-0.2, 0) is 17.0 Å². The quantitative estimate of drug-likeness (QED) is 0.364. The van der Waals surface area contributed by atoms with Gasteiger partial charge in [-0.15, -0.1) is 0 Å². The number of nitrogens with zero attached hydrogens (tertiary/aromatic N) is 3. The molecule has 0 spiro atoms. The Hall–Kier alpha value is -2.62. The van der Waals surface area contributed by atoms with Crippen LogP contribution in [0.1, 0.15) is 17.5 Å². The highest BCUT2D eigenvalue weighted by Gasteiger charge is 2.12. The Morgan fingerprint density at radius 1 is 1.19 bits per heavy atom. The zero-order chi connectivity index (χ0) is 18.4. The smallest absolute Gasteiger partial charge is 0.262 e. The highest BCUT2D eigenvalue weighted by atomic mass is 32.2. The minimum Gasteiger partial charge on any atom is -0.385 e. The molecule has 2 aromatic carbocycles. The van der Waals surface area contributed by atoms with E-state index in [1.807, 2.05) is 36.4 Å². The van der Waals surface area contributed by atoms with E-state index in [-0.39, 0.29) is 5.56 Å². The zero-order valence-electron chi connectivity index (χ0n) is 14.5. The van der Waals surface area contributed by atoms with Crippen molar-refractivity contribution in [1.82, 2.24) is 9.55 Å². The highest BCUT2D eigenvalue weighted by Crippen LogP contribution is 2.24. The van der Waals surface area contributed by atoms with E-state index in [9.17, 15) is 10.1 Å². The maximum atomic E-state index is 12.9. The lowest BCUT2D eigenvalue weighted by Gasteiger charge is -2.13. The zero-order valence-corrected chi connectivity index (χ0v) is 15.3. The molecule has 1 heterocycles. The van der Waals surface area contributed by atoms with E-state index < -0.39 is 0 Å². The Morgan fingerprint density at radius 3 is 2.77 bits per heavy atom.